The highest BCUT2D eigenvalue weighted by molar-refractivity contribution is 6.00. The zero-order valence-corrected chi connectivity index (χ0v) is 8.27. The van der Waals surface area contributed by atoms with Crippen molar-refractivity contribution in [3.05, 3.63) is 11.6 Å². The minimum atomic E-state index is -1.66. The standard InChI is InChI=1S/C10H11NO4/c1-2-10(14)7-3-4-11-8(12)6(7)5-15-9(10)13/h3-4,6,14H,2,5H2,1H3/t6?,10-/m0/s1. The Balaban J connectivity index is 2.46. The van der Waals surface area contributed by atoms with E-state index in [0.717, 1.165) is 0 Å². The normalized spacial score (nSPS) is 34.5. The molecule has 0 radical (unpaired) electrons. The van der Waals surface area contributed by atoms with Gasteiger partial charge < -0.3 is 9.84 Å². The van der Waals surface area contributed by atoms with Crippen LogP contribution in [0.25, 0.3) is 0 Å². The van der Waals surface area contributed by atoms with Gasteiger partial charge in [-0.1, -0.05) is 6.92 Å². The number of allylic oxidation sites excluding steroid dienone is 1. The Bertz CT molecular complexity index is 385. The number of hydrogen-bond donors (Lipinski definition) is 1. The van der Waals surface area contributed by atoms with Crippen LogP contribution >= 0.6 is 0 Å². The van der Waals surface area contributed by atoms with E-state index in [0.29, 0.717) is 5.57 Å². The summed E-state index contributed by atoms with van der Waals surface area (Å²) in [5.41, 5.74) is -1.26. The van der Waals surface area contributed by atoms with Crippen LogP contribution in [0.4, 0.5) is 0 Å². The van der Waals surface area contributed by atoms with Gasteiger partial charge in [0.25, 0.3) is 5.91 Å². The van der Waals surface area contributed by atoms with Crippen molar-refractivity contribution in [2.75, 3.05) is 6.61 Å². The summed E-state index contributed by atoms with van der Waals surface area (Å²) in [6.45, 7) is 1.64. The van der Waals surface area contributed by atoms with E-state index < -0.39 is 17.5 Å². The monoisotopic (exact) mass is 209 g/mol. The Morgan fingerprint density at radius 1 is 1.67 bits per heavy atom. The molecule has 0 aromatic carbocycles. The molecule has 1 amide bonds. The molecule has 0 aromatic rings. The summed E-state index contributed by atoms with van der Waals surface area (Å²) in [6, 6.07) is 0. The predicted octanol–water partition coefficient (Wildman–Crippen LogP) is -0.162. The van der Waals surface area contributed by atoms with Gasteiger partial charge in [0, 0.05) is 6.21 Å². The van der Waals surface area contributed by atoms with Gasteiger partial charge >= 0.3 is 5.97 Å². The van der Waals surface area contributed by atoms with E-state index >= 15 is 0 Å². The molecule has 2 aliphatic heterocycles. The maximum absolute atomic E-state index is 11.4. The van der Waals surface area contributed by atoms with E-state index in [2.05, 4.69) is 4.99 Å². The van der Waals surface area contributed by atoms with Gasteiger partial charge in [0.2, 0.25) is 0 Å². The molecular formula is C10H11NO4. The van der Waals surface area contributed by atoms with Crippen LogP contribution in [-0.2, 0) is 14.3 Å². The highest BCUT2D eigenvalue weighted by Crippen LogP contribution is 2.35. The number of rotatable bonds is 1. The second-order valence-corrected chi connectivity index (χ2v) is 3.60. The second-order valence-electron chi connectivity index (χ2n) is 3.60. The third-order valence-electron chi connectivity index (χ3n) is 2.84. The SMILES string of the molecule is CC[C@@]1(O)C(=O)OCC2C(=O)N=CC=C21. The van der Waals surface area contributed by atoms with Crippen molar-refractivity contribution >= 4 is 18.1 Å². The molecule has 0 aromatic heterocycles. The summed E-state index contributed by atoms with van der Waals surface area (Å²) in [4.78, 5) is 26.4. The largest absolute Gasteiger partial charge is 0.462 e. The van der Waals surface area contributed by atoms with Crippen molar-refractivity contribution in [2.45, 2.75) is 18.9 Å². The number of aliphatic hydroxyl groups is 1. The molecule has 0 bridgehead atoms. The van der Waals surface area contributed by atoms with Crippen LogP contribution < -0.4 is 0 Å². The summed E-state index contributed by atoms with van der Waals surface area (Å²) in [5.74, 6) is -1.67. The molecule has 0 aliphatic carbocycles. The first kappa shape index (κ1) is 10.0. The molecule has 1 saturated heterocycles. The van der Waals surface area contributed by atoms with E-state index in [9.17, 15) is 14.7 Å². The number of cyclic esters (lactones) is 1. The van der Waals surface area contributed by atoms with Gasteiger partial charge in [0.15, 0.2) is 5.60 Å². The van der Waals surface area contributed by atoms with Crippen LogP contribution in [0.3, 0.4) is 0 Å². The van der Waals surface area contributed by atoms with Crippen LogP contribution in [-0.4, -0.2) is 35.4 Å². The Labute approximate surface area is 86.4 Å². The van der Waals surface area contributed by atoms with Gasteiger partial charge in [-0.3, -0.25) is 4.79 Å². The first-order chi connectivity index (χ1) is 7.09. The number of aliphatic imine (C=N–C) groups is 1. The van der Waals surface area contributed by atoms with Crippen LogP contribution in [0.2, 0.25) is 0 Å². The molecule has 2 rings (SSSR count). The Hall–Kier alpha value is -1.49. The highest BCUT2D eigenvalue weighted by atomic mass is 16.6. The fraction of sp³-hybridized carbons (Fsp3) is 0.500. The van der Waals surface area contributed by atoms with Gasteiger partial charge in [-0.05, 0) is 18.1 Å². The zero-order chi connectivity index (χ0) is 11.1. The van der Waals surface area contributed by atoms with Gasteiger partial charge in [-0.2, -0.15) is 0 Å². The van der Waals surface area contributed by atoms with E-state index in [1.54, 1.807) is 6.92 Å². The van der Waals surface area contributed by atoms with Crippen molar-refractivity contribution in [1.82, 2.24) is 0 Å². The maximum Gasteiger partial charge on any atom is 0.342 e. The number of amides is 1. The lowest BCUT2D eigenvalue weighted by atomic mass is 9.79. The molecule has 2 atom stereocenters. The lowest BCUT2D eigenvalue weighted by Crippen LogP contribution is -2.51. The number of carbonyl (C=O) groups is 2. The highest BCUT2D eigenvalue weighted by Gasteiger charge is 2.49. The molecule has 2 aliphatic rings. The fourth-order valence-corrected chi connectivity index (χ4v) is 1.86. The van der Waals surface area contributed by atoms with Gasteiger partial charge in [0.1, 0.15) is 6.61 Å². The number of fused-ring (bicyclic) bond motifs is 1. The molecule has 2 heterocycles. The molecular weight excluding hydrogens is 198 g/mol. The minimum Gasteiger partial charge on any atom is -0.462 e. The molecule has 15 heavy (non-hydrogen) atoms. The average Bonchev–Trinajstić information content (AvgIpc) is 2.24. The van der Waals surface area contributed by atoms with Crippen LogP contribution in [0.1, 0.15) is 13.3 Å². The molecule has 5 heteroatoms. The first-order valence-electron chi connectivity index (χ1n) is 4.77. The second kappa shape index (κ2) is 3.27. The quantitative estimate of drug-likeness (QED) is 0.609. The summed E-state index contributed by atoms with van der Waals surface area (Å²) in [7, 11) is 0. The number of ether oxygens (including phenoxy) is 1. The Morgan fingerprint density at radius 3 is 3.07 bits per heavy atom. The maximum atomic E-state index is 11.4. The summed E-state index contributed by atoms with van der Waals surface area (Å²) >= 11 is 0. The average molecular weight is 209 g/mol. The van der Waals surface area contributed by atoms with Crippen LogP contribution in [0.15, 0.2) is 16.6 Å². The van der Waals surface area contributed by atoms with Crippen molar-refractivity contribution in [3.63, 3.8) is 0 Å². The Kier molecular flexibility index (Phi) is 2.19. The first-order valence-corrected chi connectivity index (χ1v) is 4.77. The molecule has 1 unspecified atom stereocenters. The van der Waals surface area contributed by atoms with E-state index in [1.165, 1.54) is 12.3 Å². The smallest absolute Gasteiger partial charge is 0.342 e. The van der Waals surface area contributed by atoms with Gasteiger partial charge in [-0.15, -0.1) is 0 Å². The van der Waals surface area contributed by atoms with Crippen molar-refractivity contribution < 1.29 is 19.4 Å². The lowest BCUT2D eigenvalue weighted by Gasteiger charge is -2.36. The molecule has 1 N–H and O–H groups in total. The van der Waals surface area contributed by atoms with Crippen molar-refractivity contribution in [3.8, 4) is 0 Å². The van der Waals surface area contributed by atoms with Crippen LogP contribution in [0, 0.1) is 5.92 Å². The third-order valence-corrected chi connectivity index (χ3v) is 2.84. The molecule has 80 valence electrons. The molecule has 0 spiro atoms. The van der Waals surface area contributed by atoms with E-state index in [4.69, 9.17) is 4.74 Å². The predicted molar refractivity (Wildman–Crippen MR) is 51.3 cm³/mol. The summed E-state index contributed by atoms with van der Waals surface area (Å²) < 4.78 is 4.80. The minimum absolute atomic E-state index is 0.0247. The van der Waals surface area contributed by atoms with E-state index in [1.807, 2.05) is 0 Å². The number of dihydropyridines is 1. The Morgan fingerprint density at radius 2 is 2.40 bits per heavy atom. The number of carbonyl (C=O) groups excluding carboxylic acids is 2. The molecule has 0 saturated carbocycles. The van der Waals surface area contributed by atoms with Crippen molar-refractivity contribution in [2.24, 2.45) is 10.9 Å². The number of hydrogen-bond acceptors (Lipinski definition) is 4. The molecule has 1 fully saturated rings. The summed E-state index contributed by atoms with van der Waals surface area (Å²) in [6.07, 6.45) is 3.03. The van der Waals surface area contributed by atoms with Gasteiger partial charge in [-0.25, -0.2) is 9.79 Å². The van der Waals surface area contributed by atoms with Crippen LogP contribution in [0.5, 0.6) is 0 Å². The number of nitrogens with zero attached hydrogens (tertiary/aromatic N) is 1. The third kappa shape index (κ3) is 1.31. The zero-order valence-electron chi connectivity index (χ0n) is 8.27. The topological polar surface area (TPSA) is 76.0 Å². The van der Waals surface area contributed by atoms with E-state index in [-0.39, 0.29) is 18.9 Å². The fourth-order valence-electron chi connectivity index (χ4n) is 1.86. The molecule has 5 nitrogen and oxygen atoms in total. The van der Waals surface area contributed by atoms with Gasteiger partial charge in [0.05, 0.1) is 5.92 Å². The van der Waals surface area contributed by atoms with Crippen molar-refractivity contribution in [1.29, 1.82) is 0 Å². The lowest BCUT2D eigenvalue weighted by molar-refractivity contribution is -0.170. The number of esters is 1. The summed E-state index contributed by atoms with van der Waals surface area (Å²) in [5, 5.41) is 10.1.